The molecule has 0 fully saturated rings. The molecule has 4 N–H and O–H groups in total. The summed E-state index contributed by atoms with van der Waals surface area (Å²) < 4.78 is 1.83. The second-order valence-corrected chi connectivity index (χ2v) is 10.1. The number of anilines is 4. The molecular weight excluding hydrogens is 474 g/mol. The van der Waals surface area contributed by atoms with Crippen molar-refractivity contribution >= 4 is 45.5 Å². The number of aryl methyl sites for hydroxylation is 1. The predicted molar refractivity (Wildman–Crippen MR) is 148 cm³/mol. The molecule has 1 aromatic carbocycles. The number of hydrogen-bond donors (Lipinski definition) is 4. The highest BCUT2D eigenvalue weighted by Crippen LogP contribution is 2.26. The summed E-state index contributed by atoms with van der Waals surface area (Å²) >= 11 is 6.08. The van der Waals surface area contributed by atoms with Gasteiger partial charge in [0.2, 0.25) is 0 Å². The van der Waals surface area contributed by atoms with Crippen LogP contribution in [0.2, 0.25) is 5.02 Å². The maximum absolute atomic E-state index is 10.2. The number of rotatable bonds is 11. The van der Waals surface area contributed by atoms with E-state index in [-0.39, 0.29) is 0 Å². The Labute approximate surface area is 217 Å². The summed E-state index contributed by atoms with van der Waals surface area (Å²) in [6.07, 6.45) is 3.82. The van der Waals surface area contributed by atoms with Gasteiger partial charge in [0.15, 0.2) is 0 Å². The number of benzene rings is 1. The Balaban J connectivity index is 1.26. The van der Waals surface area contributed by atoms with Crippen LogP contribution in [0.1, 0.15) is 38.1 Å². The molecule has 36 heavy (non-hydrogen) atoms. The molecule has 0 spiro atoms. The number of nitrogens with one attached hydrogen (secondary N) is 3. The van der Waals surface area contributed by atoms with E-state index in [0.29, 0.717) is 11.6 Å². The quantitative estimate of drug-likeness (QED) is 0.187. The molecule has 0 atom stereocenters. The van der Waals surface area contributed by atoms with E-state index >= 15 is 0 Å². The molecule has 3 aromatic heterocycles. The molecule has 0 aliphatic carbocycles. The Hall–Kier alpha value is -3.36. The van der Waals surface area contributed by atoms with Gasteiger partial charge in [-0.3, -0.25) is 9.67 Å². The topological polar surface area (TPSA) is 99.9 Å². The lowest BCUT2D eigenvalue weighted by molar-refractivity contribution is 0.0570. The number of pyridine rings is 2. The number of hydrogen-bond acceptors (Lipinski definition) is 7. The van der Waals surface area contributed by atoms with Gasteiger partial charge in [0.1, 0.15) is 11.6 Å². The molecule has 0 aliphatic rings. The molecule has 0 radical (unpaired) electrons. The fraction of sp³-hybridized carbons (Fsp3) is 0.370. The van der Waals surface area contributed by atoms with Crippen molar-refractivity contribution in [1.82, 2.24) is 19.7 Å². The average Bonchev–Trinajstić information content (AvgIpc) is 3.07. The minimum Gasteiger partial charge on any atom is -0.389 e. The molecule has 8 nitrogen and oxygen atoms in total. The summed E-state index contributed by atoms with van der Waals surface area (Å²) in [6.45, 7) is 9.63. The van der Waals surface area contributed by atoms with Gasteiger partial charge in [0, 0.05) is 35.4 Å². The zero-order valence-electron chi connectivity index (χ0n) is 21.3. The highest BCUT2D eigenvalue weighted by Gasteiger charge is 2.19. The van der Waals surface area contributed by atoms with Crippen LogP contribution in [0.3, 0.4) is 0 Å². The third-order valence-electron chi connectivity index (χ3n) is 5.85. The van der Waals surface area contributed by atoms with E-state index in [4.69, 9.17) is 16.6 Å². The van der Waals surface area contributed by atoms with Crippen LogP contribution in [0.25, 0.3) is 10.9 Å². The van der Waals surface area contributed by atoms with Crippen LogP contribution in [0.5, 0.6) is 0 Å². The molecule has 0 aliphatic heterocycles. The zero-order valence-corrected chi connectivity index (χ0v) is 22.0. The first-order valence-corrected chi connectivity index (χ1v) is 12.6. The van der Waals surface area contributed by atoms with Gasteiger partial charge in [0.25, 0.3) is 0 Å². The monoisotopic (exact) mass is 507 g/mol. The zero-order chi connectivity index (χ0) is 25.7. The minimum atomic E-state index is -0.835. The lowest BCUT2D eigenvalue weighted by Gasteiger charge is -2.18. The van der Waals surface area contributed by atoms with Gasteiger partial charge in [-0.05, 0) is 76.9 Å². The third kappa shape index (κ3) is 6.65. The van der Waals surface area contributed by atoms with E-state index in [1.165, 1.54) is 0 Å². The Morgan fingerprint density at radius 3 is 2.53 bits per heavy atom. The van der Waals surface area contributed by atoms with Gasteiger partial charge in [-0.2, -0.15) is 5.10 Å². The number of halogens is 1. The van der Waals surface area contributed by atoms with Crippen molar-refractivity contribution in [2.45, 2.75) is 52.7 Å². The number of aromatic nitrogens is 4. The van der Waals surface area contributed by atoms with Crippen molar-refractivity contribution in [3.63, 3.8) is 0 Å². The van der Waals surface area contributed by atoms with E-state index in [1.807, 2.05) is 61.0 Å². The Bertz CT molecular complexity index is 1330. The second-order valence-electron chi connectivity index (χ2n) is 9.63. The Morgan fingerprint density at radius 1 is 1.00 bits per heavy atom. The second kappa shape index (κ2) is 11.1. The van der Waals surface area contributed by atoms with Gasteiger partial charge >= 0.3 is 0 Å². The SMILES string of the molecule is Cc1nn(CC(C)(C)O)c(C)c1Nc1cccc(NCCCCNc2ccnc3cc(Cl)ccc23)n1. The fourth-order valence-corrected chi connectivity index (χ4v) is 4.26. The summed E-state index contributed by atoms with van der Waals surface area (Å²) in [5, 5.41) is 26.8. The molecule has 4 rings (SSSR count). The van der Waals surface area contributed by atoms with Crippen molar-refractivity contribution < 1.29 is 5.11 Å². The molecule has 3 heterocycles. The van der Waals surface area contributed by atoms with E-state index < -0.39 is 5.60 Å². The molecule has 0 saturated carbocycles. The largest absolute Gasteiger partial charge is 0.389 e. The fourth-order valence-electron chi connectivity index (χ4n) is 4.09. The van der Waals surface area contributed by atoms with Crippen molar-refractivity contribution in [1.29, 1.82) is 0 Å². The Morgan fingerprint density at radius 2 is 1.75 bits per heavy atom. The lowest BCUT2D eigenvalue weighted by Crippen LogP contribution is -2.27. The predicted octanol–water partition coefficient (Wildman–Crippen LogP) is 5.92. The van der Waals surface area contributed by atoms with Gasteiger partial charge < -0.3 is 21.1 Å². The first-order chi connectivity index (χ1) is 17.2. The third-order valence-corrected chi connectivity index (χ3v) is 6.09. The van der Waals surface area contributed by atoms with E-state index in [0.717, 1.165) is 71.2 Å². The standard InChI is InChI=1S/C27H34ClN7O/c1-18-26(19(2)35(34-18)17-27(3,4)36)33-25-9-7-8-24(32-25)31-14-6-5-13-29-22-12-15-30-23-16-20(28)10-11-21(22)23/h7-12,15-16,36H,5-6,13-14,17H2,1-4H3,(H,29,30)(H2,31,32,33). The average molecular weight is 508 g/mol. The van der Waals surface area contributed by atoms with Crippen LogP contribution in [-0.4, -0.2) is 43.5 Å². The van der Waals surface area contributed by atoms with Crippen LogP contribution < -0.4 is 16.0 Å². The summed E-state index contributed by atoms with van der Waals surface area (Å²) in [5.41, 5.74) is 3.88. The van der Waals surface area contributed by atoms with E-state index in [2.05, 4.69) is 26.0 Å². The smallest absolute Gasteiger partial charge is 0.132 e. The maximum Gasteiger partial charge on any atom is 0.132 e. The molecule has 190 valence electrons. The van der Waals surface area contributed by atoms with Crippen molar-refractivity contribution in [2.24, 2.45) is 0 Å². The number of fused-ring (bicyclic) bond motifs is 1. The van der Waals surface area contributed by atoms with Crippen LogP contribution in [-0.2, 0) is 6.54 Å². The molecule has 4 aromatic rings. The first-order valence-electron chi connectivity index (χ1n) is 12.2. The number of nitrogens with zero attached hydrogens (tertiary/aromatic N) is 4. The maximum atomic E-state index is 10.2. The van der Waals surface area contributed by atoms with Crippen molar-refractivity contribution in [2.75, 3.05) is 29.0 Å². The summed E-state index contributed by atoms with van der Waals surface area (Å²) in [7, 11) is 0. The molecule has 0 saturated heterocycles. The number of unbranched alkanes of at least 4 members (excludes halogenated alkanes) is 1. The molecule has 0 amide bonds. The van der Waals surface area contributed by atoms with Crippen molar-refractivity contribution in [3.05, 3.63) is 65.1 Å². The van der Waals surface area contributed by atoms with Crippen LogP contribution in [0.4, 0.5) is 23.0 Å². The van der Waals surface area contributed by atoms with E-state index in [9.17, 15) is 5.11 Å². The summed E-state index contributed by atoms with van der Waals surface area (Å²) in [5.74, 6) is 1.57. The lowest BCUT2D eigenvalue weighted by atomic mass is 10.1. The normalized spacial score (nSPS) is 11.6. The molecule has 9 heteroatoms. The highest BCUT2D eigenvalue weighted by molar-refractivity contribution is 6.31. The van der Waals surface area contributed by atoms with Gasteiger partial charge in [-0.1, -0.05) is 17.7 Å². The van der Waals surface area contributed by atoms with E-state index in [1.54, 1.807) is 20.0 Å². The van der Waals surface area contributed by atoms with Crippen LogP contribution in [0.15, 0.2) is 48.7 Å². The summed E-state index contributed by atoms with van der Waals surface area (Å²) in [4.78, 5) is 9.09. The van der Waals surface area contributed by atoms with Crippen LogP contribution in [0, 0.1) is 13.8 Å². The Kier molecular flexibility index (Phi) is 7.96. The summed E-state index contributed by atoms with van der Waals surface area (Å²) in [6, 6.07) is 13.7. The van der Waals surface area contributed by atoms with Gasteiger partial charge in [-0.15, -0.1) is 0 Å². The molecular formula is C27H34ClN7O. The molecule has 0 unspecified atom stereocenters. The molecule has 0 bridgehead atoms. The van der Waals surface area contributed by atoms with Crippen LogP contribution >= 0.6 is 11.6 Å². The van der Waals surface area contributed by atoms with Gasteiger partial charge in [0.05, 0.1) is 34.7 Å². The number of aliphatic hydroxyl groups is 1. The first kappa shape index (κ1) is 25.7. The van der Waals surface area contributed by atoms with Crippen molar-refractivity contribution in [3.8, 4) is 0 Å². The minimum absolute atomic E-state index is 0.428. The van der Waals surface area contributed by atoms with Gasteiger partial charge in [-0.25, -0.2) is 4.98 Å². The highest BCUT2D eigenvalue weighted by atomic mass is 35.5.